The van der Waals surface area contributed by atoms with Crippen LogP contribution in [0.25, 0.3) is 0 Å². The molecule has 0 bridgehead atoms. The highest BCUT2D eigenvalue weighted by molar-refractivity contribution is 5.87. The Morgan fingerprint density at radius 3 is 2.47 bits per heavy atom. The van der Waals surface area contributed by atoms with E-state index in [0.717, 1.165) is 16.7 Å². The van der Waals surface area contributed by atoms with Crippen molar-refractivity contribution in [2.24, 2.45) is 0 Å². The maximum Gasteiger partial charge on any atom is 0.144 e. The first-order chi connectivity index (χ1) is 9.08. The zero-order valence-electron chi connectivity index (χ0n) is 11.2. The van der Waals surface area contributed by atoms with Crippen LogP contribution in [0.3, 0.4) is 0 Å². The smallest absolute Gasteiger partial charge is 0.144 e. The Morgan fingerprint density at radius 1 is 1.16 bits per heavy atom. The van der Waals surface area contributed by atoms with Crippen LogP contribution in [-0.2, 0) is 11.2 Å². The number of ketones is 1. The van der Waals surface area contributed by atoms with Gasteiger partial charge in [-0.15, -0.1) is 0 Å². The van der Waals surface area contributed by atoms with Crippen molar-refractivity contribution in [3.8, 4) is 0 Å². The Hall–Kier alpha value is -1.96. The van der Waals surface area contributed by atoms with E-state index in [1.165, 1.54) is 12.1 Å². The van der Waals surface area contributed by atoms with E-state index in [2.05, 4.69) is 0 Å². The van der Waals surface area contributed by atoms with Crippen molar-refractivity contribution < 1.29 is 9.18 Å². The van der Waals surface area contributed by atoms with Crippen molar-refractivity contribution in [2.75, 3.05) is 0 Å². The third kappa shape index (κ3) is 3.28. The molecule has 0 saturated heterocycles. The van der Waals surface area contributed by atoms with E-state index in [9.17, 15) is 9.18 Å². The molecule has 2 heteroatoms. The number of halogens is 1. The van der Waals surface area contributed by atoms with Crippen molar-refractivity contribution in [1.29, 1.82) is 0 Å². The molecule has 0 aliphatic rings. The minimum Gasteiger partial charge on any atom is -0.299 e. The Bertz CT molecular complexity index is 575. The van der Waals surface area contributed by atoms with Crippen molar-refractivity contribution in [2.45, 2.75) is 26.2 Å². The van der Waals surface area contributed by atoms with Gasteiger partial charge in [0, 0.05) is 12.3 Å². The van der Waals surface area contributed by atoms with Crippen LogP contribution in [0.4, 0.5) is 4.39 Å². The van der Waals surface area contributed by atoms with Gasteiger partial charge in [-0.1, -0.05) is 43.3 Å². The number of benzene rings is 2. The SMILES string of the molecule is Cc1cc(F)ccc1CC(=O)C(C)c1ccccc1. The molecule has 1 atom stereocenters. The molecule has 19 heavy (non-hydrogen) atoms. The largest absolute Gasteiger partial charge is 0.299 e. The normalized spacial score (nSPS) is 12.2. The van der Waals surface area contributed by atoms with Gasteiger partial charge in [-0.25, -0.2) is 4.39 Å². The maximum atomic E-state index is 13.0. The van der Waals surface area contributed by atoms with Crippen molar-refractivity contribution in [1.82, 2.24) is 0 Å². The number of carbonyl (C=O) groups is 1. The van der Waals surface area contributed by atoms with Gasteiger partial charge in [0.25, 0.3) is 0 Å². The topological polar surface area (TPSA) is 17.1 Å². The molecule has 2 aromatic rings. The van der Waals surface area contributed by atoms with E-state index in [0.29, 0.717) is 6.42 Å². The second-order valence-corrected chi connectivity index (χ2v) is 4.85. The Morgan fingerprint density at radius 2 is 1.84 bits per heavy atom. The lowest BCUT2D eigenvalue weighted by atomic mass is 9.91. The highest BCUT2D eigenvalue weighted by atomic mass is 19.1. The minimum absolute atomic E-state index is 0.134. The molecule has 2 aromatic carbocycles. The molecular formula is C17H17FO. The molecule has 98 valence electrons. The highest BCUT2D eigenvalue weighted by Gasteiger charge is 2.16. The fourth-order valence-electron chi connectivity index (χ4n) is 2.13. The van der Waals surface area contributed by atoms with Crippen molar-refractivity contribution in [3.05, 3.63) is 71.0 Å². The molecule has 1 nitrogen and oxygen atoms in total. The highest BCUT2D eigenvalue weighted by Crippen LogP contribution is 2.19. The second kappa shape index (κ2) is 5.79. The summed E-state index contributed by atoms with van der Waals surface area (Å²) in [5.74, 6) is -0.239. The molecule has 1 unspecified atom stereocenters. The van der Waals surface area contributed by atoms with Crippen LogP contribution in [0.1, 0.15) is 29.5 Å². The van der Waals surface area contributed by atoms with Crippen molar-refractivity contribution in [3.63, 3.8) is 0 Å². The molecule has 0 aromatic heterocycles. The molecular weight excluding hydrogens is 239 g/mol. The fraction of sp³-hybridized carbons (Fsp3) is 0.235. The number of aryl methyl sites for hydroxylation is 1. The summed E-state index contributed by atoms with van der Waals surface area (Å²) >= 11 is 0. The number of Topliss-reactive ketones (excluding diaryl/α,β-unsaturated/α-hetero) is 1. The summed E-state index contributed by atoms with van der Waals surface area (Å²) in [4.78, 5) is 12.3. The third-order valence-corrected chi connectivity index (χ3v) is 3.45. The lowest BCUT2D eigenvalue weighted by Crippen LogP contribution is -2.12. The van der Waals surface area contributed by atoms with Gasteiger partial charge in [-0.05, 0) is 35.7 Å². The summed E-state index contributed by atoms with van der Waals surface area (Å²) in [6.45, 7) is 3.75. The maximum absolute atomic E-state index is 13.0. The lowest BCUT2D eigenvalue weighted by molar-refractivity contribution is -0.119. The molecule has 0 N–H and O–H groups in total. The molecule has 2 rings (SSSR count). The summed E-state index contributed by atoms with van der Waals surface area (Å²) < 4.78 is 13.0. The molecule has 0 fully saturated rings. The Labute approximate surface area is 113 Å². The number of hydrogen-bond donors (Lipinski definition) is 0. The van der Waals surface area contributed by atoms with Crippen LogP contribution in [-0.4, -0.2) is 5.78 Å². The summed E-state index contributed by atoms with van der Waals surface area (Å²) in [6.07, 6.45) is 0.349. The monoisotopic (exact) mass is 256 g/mol. The average molecular weight is 256 g/mol. The van der Waals surface area contributed by atoms with Gasteiger partial charge in [-0.2, -0.15) is 0 Å². The van der Waals surface area contributed by atoms with Gasteiger partial charge in [0.15, 0.2) is 0 Å². The first-order valence-electron chi connectivity index (χ1n) is 6.40. The van der Waals surface area contributed by atoms with Crippen LogP contribution in [0.2, 0.25) is 0 Å². The van der Waals surface area contributed by atoms with Gasteiger partial charge >= 0.3 is 0 Å². The van der Waals surface area contributed by atoms with E-state index in [1.54, 1.807) is 6.07 Å². The van der Waals surface area contributed by atoms with Crippen molar-refractivity contribution >= 4 is 5.78 Å². The quantitative estimate of drug-likeness (QED) is 0.806. The Kier molecular flexibility index (Phi) is 4.10. The third-order valence-electron chi connectivity index (χ3n) is 3.45. The molecule has 0 spiro atoms. The standard InChI is InChI=1S/C17H17FO/c1-12-10-16(18)9-8-15(12)11-17(19)13(2)14-6-4-3-5-7-14/h3-10,13H,11H2,1-2H3. The Balaban J connectivity index is 2.13. The molecule has 0 aliphatic carbocycles. The van der Waals surface area contributed by atoms with E-state index < -0.39 is 0 Å². The predicted molar refractivity (Wildman–Crippen MR) is 74.7 cm³/mol. The first-order valence-corrected chi connectivity index (χ1v) is 6.40. The zero-order chi connectivity index (χ0) is 13.8. The van der Waals surface area contributed by atoms with E-state index in [4.69, 9.17) is 0 Å². The van der Waals surface area contributed by atoms with E-state index in [1.807, 2.05) is 44.2 Å². The fourth-order valence-corrected chi connectivity index (χ4v) is 2.13. The zero-order valence-corrected chi connectivity index (χ0v) is 11.2. The summed E-state index contributed by atoms with van der Waals surface area (Å²) in [6, 6.07) is 14.3. The number of rotatable bonds is 4. The van der Waals surface area contributed by atoms with Gasteiger partial charge in [0.05, 0.1) is 0 Å². The van der Waals surface area contributed by atoms with Gasteiger partial charge < -0.3 is 0 Å². The van der Waals surface area contributed by atoms with Crippen LogP contribution in [0.15, 0.2) is 48.5 Å². The molecule has 0 heterocycles. The molecule has 0 radical (unpaired) electrons. The van der Waals surface area contributed by atoms with E-state index in [-0.39, 0.29) is 17.5 Å². The van der Waals surface area contributed by atoms with Gasteiger partial charge in [0.2, 0.25) is 0 Å². The van der Waals surface area contributed by atoms with Crippen LogP contribution in [0, 0.1) is 12.7 Å². The second-order valence-electron chi connectivity index (χ2n) is 4.85. The van der Waals surface area contributed by atoms with E-state index >= 15 is 0 Å². The summed E-state index contributed by atoms with van der Waals surface area (Å²) in [7, 11) is 0. The van der Waals surface area contributed by atoms with Crippen LogP contribution >= 0.6 is 0 Å². The molecule has 0 amide bonds. The minimum atomic E-state index is -0.259. The lowest BCUT2D eigenvalue weighted by Gasteiger charge is -2.12. The molecule has 0 saturated carbocycles. The average Bonchev–Trinajstić information content (AvgIpc) is 2.42. The van der Waals surface area contributed by atoms with Gasteiger partial charge in [0.1, 0.15) is 11.6 Å². The van der Waals surface area contributed by atoms with Gasteiger partial charge in [-0.3, -0.25) is 4.79 Å². The number of carbonyl (C=O) groups excluding carboxylic acids is 1. The summed E-state index contributed by atoms with van der Waals surface area (Å²) in [5, 5.41) is 0. The molecule has 0 aliphatic heterocycles. The van der Waals surface area contributed by atoms with Crippen LogP contribution in [0.5, 0.6) is 0 Å². The first kappa shape index (κ1) is 13.5. The predicted octanol–water partition coefficient (Wildman–Crippen LogP) is 4.05. The number of hydrogen-bond acceptors (Lipinski definition) is 1. The summed E-state index contributed by atoms with van der Waals surface area (Å²) in [5.41, 5.74) is 2.75. The van der Waals surface area contributed by atoms with Crippen LogP contribution < -0.4 is 0 Å².